The van der Waals surface area contributed by atoms with Gasteiger partial charge in [-0.3, -0.25) is 4.79 Å². The van der Waals surface area contributed by atoms with E-state index >= 15 is 0 Å². The van der Waals surface area contributed by atoms with Crippen LogP contribution in [-0.4, -0.2) is 18.0 Å². The molecular weight excluding hydrogens is 336 g/mol. The number of furan rings is 1. The predicted molar refractivity (Wildman–Crippen MR) is 102 cm³/mol. The predicted octanol–water partition coefficient (Wildman–Crippen LogP) is 4.11. The number of nitrogens with one attached hydrogen (secondary N) is 1. The molecule has 2 aliphatic rings. The van der Waals surface area contributed by atoms with Gasteiger partial charge < -0.3 is 15.5 Å². The van der Waals surface area contributed by atoms with E-state index in [1.165, 1.54) is 30.4 Å². The van der Waals surface area contributed by atoms with Crippen LogP contribution in [-0.2, 0) is 0 Å². The van der Waals surface area contributed by atoms with Crippen molar-refractivity contribution in [2.45, 2.75) is 58.0 Å². The van der Waals surface area contributed by atoms with Crippen LogP contribution in [0.4, 0.5) is 0 Å². The molecule has 136 valence electrons. The number of rotatable bonds is 2. The molecule has 2 aliphatic carbocycles. The van der Waals surface area contributed by atoms with Gasteiger partial charge in [0.2, 0.25) is 0 Å². The van der Waals surface area contributed by atoms with Gasteiger partial charge in [-0.2, -0.15) is 0 Å². The quantitative estimate of drug-likeness (QED) is 0.844. The van der Waals surface area contributed by atoms with Gasteiger partial charge in [-0.1, -0.05) is 6.42 Å². The number of benzene rings is 1. The fourth-order valence-electron chi connectivity index (χ4n) is 4.66. The Morgan fingerprint density at radius 3 is 2.44 bits per heavy atom. The van der Waals surface area contributed by atoms with Crippen LogP contribution in [0.5, 0.6) is 0 Å². The molecule has 1 aromatic heterocycles. The maximum atomic E-state index is 12.7. The SMILES string of the molecule is Cc1cc2cc(C(=O)NC3C4CCCC3CC(N)C4)oc2cc1C.Cl. The summed E-state index contributed by atoms with van der Waals surface area (Å²) in [5.74, 6) is 1.37. The Morgan fingerprint density at radius 2 is 1.76 bits per heavy atom. The number of hydrogen-bond donors (Lipinski definition) is 2. The van der Waals surface area contributed by atoms with E-state index in [1.807, 2.05) is 12.1 Å². The average molecular weight is 363 g/mol. The zero-order valence-electron chi connectivity index (χ0n) is 14.9. The van der Waals surface area contributed by atoms with E-state index in [0.29, 0.717) is 23.6 Å². The molecule has 1 heterocycles. The first-order chi connectivity index (χ1) is 11.5. The summed E-state index contributed by atoms with van der Waals surface area (Å²) in [4.78, 5) is 12.7. The highest BCUT2D eigenvalue weighted by Crippen LogP contribution is 2.39. The standard InChI is InChI=1S/C20H26N2O2.ClH/c1-11-6-15-10-18(24-17(15)7-12(11)2)20(23)22-19-13-4-3-5-14(19)9-16(21)8-13;/h6-7,10,13-14,16,19H,3-5,8-9,21H2,1-2H3,(H,22,23);1H. The number of aryl methyl sites for hydroxylation is 2. The van der Waals surface area contributed by atoms with Gasteiger partial charge in [-0.15, -0.1) is 12.4 Å². The first-order valence-corrected chi connectivity index (χ1v) is 9.08. The number of hydrogen-bond acceptors (Lipinski definition) is 3. The molecule has 0 radical (unpaired) electrons. The second-order valence-electron chi connectivity index (χ2n) is 7.77. The first kappa shape index (κ1) is 18.3. The third kappa shape index (κ3) is 3.42. The van der Waals surface area contributed by atoms with E-state index in [9.17, 15) is 4.79 Å². The Morgan fingerprint density at radius 1 is 1.12 bits per heavy atom. The fourth-order valence-corrected chi connectivity index (χ4v) is 4.66. The summed E-state index contributed by atoms with van der Waals surface area (Å²) in [6.45, 7) is 4.14. The highest BCUT2D eigenvalue weighted by Gasteiger charge is 2.40. The van der Waals surface area contributed by atoms with Gasteiger partial charge in [0.25, 0.3) is 5.91 Å². The summed E-state index contributed by atoms with van der Waals surface area (Å²) >= 11 is 0. The van der Waals surface area contributed by atoms with Crippen molar-refractivity contribution in [1.29, 1.82) is 0 Å². The monoisotopic (exact) mass is 362 g/mol. The summed E-state index contributed by atoms with van der Waals surface area (Å²) in [6, 6.07) is 6.50. The lowest BCUT2D eigenvalue weighted by Crippen LogP contribution is -2.53. The molecule has 0 spiro atoms. The van der Waals surface area contributed by atoms with Gasteiger partial charge in [0.15, 0.2) is 5.76 Å². The largest absolute Gasteiger partial charge is 0.451 e. The Hall–Kier alpha value is -1.52. The van der Waals surface area contributed by atoms with E-state index in [4.69, 9.17) is 10.2 Å². The minimum absolute atomic E-state index is 0. The molecule has 5 heteroatoms. The minimum Gasteiger partial charge on any atom is -0.451 e. The van der Waals surface area contributed by atoms with Crippen LogP contribution in [0.15, 0.2) is 22.6 Å². The summed E-state index contributed by atoms with van der Waals surface area (Å²) in [5, 5.41) is 4.25. The third-order valence-electron chi connectivity index (χ3n) is 6.03. The lowest BCUT2D eigenvalue weighted by Gasteiger charge is -2.45. The highest BCUT2D eigenvalue weighted by molar-refractivity contribution is 5.96. The summed E-state index contributed by atoms with van der Waals surface area (Å²) in [6.07, 6.45) is 5.67. The summed E-state index contributed by atoms with van der Waals surface area (Å²) in [7, 11) is 0. The number of amides is 1. The highest BCUT2D eigenvalue weighted by atomic mass is 35.5. The van der Waals surface area contributed by atoms with Crippen LogP contribution in [0.3, 0.4) is 0 Å². The fraction of sp³-hybridized carbons (Fsp3) is 0.550. The molecule has 1 aromatic carbocycles. The zero-order valence-corrected chi connectivity index (χ0v) is 15.7. The van der Waals surface area contributed by atoms with Crippen molar-refractivity contribution in [1.82, 2.24) is 5.32 Å². The Labute approximate surface area is 154 Å². The Kier molecular flexibility index (Phi) is 5.12. The lowest BCUT2D eigenvalue weighted by atomic mass is 9.67. The molecule has 1 amide bonds. The molecule has 25 heavy (non-hydrogen) atoms. The average Bonchev–Trinajstić information content (AvgIpc) is 2.91. The topological polar surface area (TPSA) is 68.3 Å². The van der Waals surface area contributed by atoms with Gasteiger partial charge >= 0.3 is 0 Å². The molecule has 2 aromatic rings. The van der Waals surface area contributed by atoms with Crippen molar-refractivity contribution in [2.24, 2.45) is 17.6 Å². The smallest absolute Gasteiger partial charge is 0.287 e. The number of halogens is 1. The maximum Gasteiger partial charge on any atom is 0.287 e. The molecule has 2 fully saturated rings. The normalized spacial score (nSPS) is 28.4. The van der Waals surface area contributed by atoms with Crippen molar-refractivity contribution >= 4 is 29.3 Å². The Balaban J connectivity index is 0.00000182. The van der Waals surface area contributed by atoms with Gasteiger partial charge in [-0.05, 0) is 80.7 Å². The summed E-state index contributed by atoms with van der Waals surface area (Å²) in [5.41, 5.74) is 9.36. The van der Waals surface area contributed by atoms with Crippen molar-refractivity contribution in [3.05, 3.63) is 35.1 Å². The molecule has 4 rings (SSSR count). The molecule has 2 atom stereocenters. The molecule has 0 saturated heterocycles. The molecule has 3 N–H and O–H groups in total. The molecule has 2 bridgehead atoms. The molecule has 4 nitrogen and oxygen atoms in total. The van der Waals surface area contributed by atoms with Crippen LogP contribution in [0.2, 0.25) is 0 Å². The van der Waals surface area contributed by atoms with Crippen LogP contribution in [0.25, 0.3) is 11.0 Å². The number of fused-ring (bicyclic) bond motifs is 3. The van der Waals surface area contributed by atoms with Gasteiger partial charge in [0.05, 0.1) is 0 Å². The van der Waals surface area contributed by atoms with E-state index in [1.54, 1.807) is 0 Å². The van der Waals surface area contributed by atoms with Crippen molar-refractivity contribution < 1.29 is 9.21 Å². The minimum atomic E-state index is -0.0844. The first-order valence-electron chi connectivity index (χ1n) is 9.08. The van der Waals surface area contributed by atoms with Crippen LogP contribution < -0.4 is 11.1 Å². The van der Waals surface area contributed by atoms with E-state index in [2.05, 4.69) is 25.2 Å². The Bertz CT molecular complexity index is 732. The maximum absolute atomic E-state index is 12.7. The van der Waals surface area contributed by atoms with Gasteiger partial charge in [-0.25, -0.2) is 0 Å². The molecule has 2 unspecified atom stereocenters. The summed E-state index contributed by atoms with van der Waals surface area (Å²) < 4.78 is 5.81. The van der Waals surface area contributed by atoms with Gasteiger partial charge in [0.1, 0.15) is 5.58 Å². The molecule has 2 saturated carbocycles. The second kappa shape index (κ2) is 7.00. The van der Waals surface area contributed by atoms with Crippen LogP contribution in [0.1, 0.15) is 53.8 Å². The molecular formula is C20H27ClN2O2. The zero-order chi connectivity index (χ0) is 16.8. The van der Waals surface area contributed by atoms with Crippen molar-refractivity contribution in [3.63, 3.8) is 0 Å². The second-order valence-corrected chi connectivity index (χ2v) is 7.77. The lowest BCUT2D eigenvalue weighted by molar-refractivity contribution is 0.0734. The van der Waals surface area contributed by atoms with Crippen molar-refractivity contribution in [2.75, 3.05) is 0 Å². The van der Waals surface area contributed by atoms with Gasteiger partial charge in [0, 0.05) is 17.5 Å². The number of carbonyl (C=O) groups excluding carboxylic acids is 1. The van der Waals surface area contributed by atoms with E-state index in [-0.39, 0.29) is 24.4 Å². The number of nitrogens with two attached hydrogens (primary N) is 1. The van der Waals surface area contributed by atoms with E-state index < -0.39 is 0 Å². The molecule has 0 aliphatic heterocycles. The van der Waals surface area contributed by atoms with E-state index in [0.717, 1.165) is 23.8 Å². The van der Waals surface area contributed by atoms with Crippen LogP contribution in [0, 0.1) is 25.7 Å². The third-order valence-corrected chi connectivity index (χ3v) is 6.03. The van der Waals surface area contributed by atoms with Crippen molar-refractivity contribution in [3.8, 4) is 0 Å². The van der Waals surface area contributed by atoms with Crippen LogP contribution >= 0.6 is 12.4 Å². The number of carbonyl (C=O) groups is 1.